The number of hydrogen-bond acceptors (Lipinski definition) is 5. The van der Waals surface area contributed by atoms with Crippen LogP contribution in [0.2, 0.25) is 5.02 Å². The zero-order chi connectivity index (χ0) is 19.5. The predicted octanol–water partition coefficient (Wildman–Crippen LogP) is 3.99. The van der Waals surface area contributed by atoms with Crippen molar-refractivity contribution in [3.05, 3.63) is 28.8 Å². The van der Waals surface area contributed by atoms with Gasteiger partial charge in [0.2, 0.25) is 11.8 Å². The topological polar surface area (TPSA) is 82.9 Å². The van der Waals surface area contributed by atoms with Crippen molar-refractivity contribution in [3.8, 4) is 0 Å². The first kappa shape index (κ1) is 20.5. The highest BCUT2D eigenvalue weighted by atomic mass is 35.5. The molecule has 140 valence electrons. The number of benzene rings is 1. The van der Waals surface area contributed by atoms with Crippen LogP contribution in [0.3, 0.4) is 0 Å². The van der Waals surface area contributed by atoms with E-state index in [-0.39, 0.29) is 23.7 Å². The molecule has 1 saturated heterocycles. The number of carbonyl (C=O) groups excluding carboxylic acids is 2. The minimum Gasteiger partial charge on any atom is -0.326 e. The van der Waals surface area contributed by atoms with Gasteiger partial charge in [-0.25, -0.2) is 0 Å². The van der Waals surface area contributed by atoms with E-state index in [4.69, 9.17) is 11.6 Å². The molecule has 0 unspecified atom stereocenters. The highest BCUT2D eigenvalue weighted by molar-refractivity contribution is 8.15. The van der Waals surface area contributed by atoms with Gasteiger partial charge in [0.1, 0.15) is 5.25 Å². The Morgan fingerprint density at radius 1 is 1.38 bits per heavy atom. The summed E-state index contributed by atoms with van der Waals surface area (Å²) in [5.74, 6) is -0.498. The molecule has 8 heteroatoms. The predicted molar refractivity (Wildman–Crippen MR) is 109 cm³/mol. The molecule has 2 N–H and O–H groups in total. The minimum absolute atomic E-state index is 0.0446. The van der Waals surface area contributed by atoms with E-state index in [0.717, 1.165) is 11.3 Å². The van der Waals surface area contributed by atoms with E-state index < -0.39 is 5.25 Å². The summed E-state index contributed by atoms with van der Waals surface area (Å²) in [6.07, 6.45) is 0.0446. The van der Waals surface area contributed by atoms with Crippen LogP contribution >= 0.6 is 23.4 Å². The Kier molecular flexibility index (Phi) is 6.47. The maximum Gasteiger partial charge on any atom is 0.240 e. The molecule has 26 heavy (non-hydrogen) atoms. The number of aryl methyl sites for hydroxylation is 1. The van der Waals surface area contributed by atoms with Gasteiger partial charge in [-0.2, -0.15) is 5.10 Å². The van der Waals surface area contributed by atoms with E-state index in [9.17, 15) is 9.59 Å². The number of halogens is 1. The number of thioether (sulfide) groups is 1. The van der Waals surface area contributed by atoms with Gasteiger partial charge < -0.3 is 10.6 Å². The van der Waals surface area contributed by atoms with E-state index in [1.165, 1.54) is 11.8 Å². The van der Waals surface area contributed by atoms with Crippen LogP contribution in [0, 0.1) is 12.3 Å². The number of amidine groups is 1. The van der Waals surface area contributed by atoms with Crippen LogP contribution in [0.25, 0.3) is 0 Å². The fraction of sp³-hybridized carbons (Fsp3) is 0.444. The third kappa shape index (κ3) is 5.57. The summed E-state index contributed by atoms with van der Waals surface area (Å²) in [4.78, 5) is 24.3. The van der Waals surface area contributed by atoms with Crippen molar-refractivity contribution in [1.29, 1.82) is 0 Å². The first-order valence-electron chi connectivity index (χ1n) is 8.22. The van der Waals surface area contributed by atoms with Crippen LogP contribution in [0.5, 0.6) is 0 Å². The molecule has 0 saturated carbocycles. The summed E-state index contributed by atoms with van der Waals surface area (Å²) in [5, 5.41) is 14.1. The summed E-state index contributed by atoms with van der Waals surface area (Å²) in [5.41, 5.74) is 2.30. The van der Waals surface area contributed by atoms with Gasteiger partial charge in [0.05, 0.1) is 0 Å². The molecule has 1 aromatic carbocycles. The highest BCUT2D eigenvalue weighted by Gasteiger charge is 2.32. The number of amides is 2. The molecule has 1 heterocycles. The molecule has 1 atom stereocenters. The fourth-order valence-electron chi connectivity index (χ4n) is 1.91. The highest BCUT2D eigenvalue weighted by Crippen LogP contribution is 2.25. The minimum atomic E-state index is -0.528. The van der Waals surface area contributed by atoms with E-state index >= 15 is 0 Å². The molecule has 1 aliphatic heterocycles. The number of nitrogens with zero attached hydrogens (tertiary/aromatic N) is 2. The Balaban J connectivity index is 1.96. The number of carbonyl (C=O) groups is 2. The molecular formula is C18H23ClN4O2S. The Bertz CT molecular complexity index is 784. The Morgan fingerprint density at radius 2 is 2.08 bits per heavy atom. The third-order valence-electron chi connectivity index (χ3n) is 3.98. The average molecular weight is 395 g/mol. The molecule has 0 aromatic heterocycles. The van der Waals surface area contributed by atoms with E-state index in [1.54, 1.807) is 12.1 Å². The smallest absolute Gasteiger partial charge is 0.240 e. The van der Waals surface area contributed by atoms with E-state index in [0.29, 0.717) is 15.9 Å². The molecule has 6 nitrogen and oxygen atoms in total. The molecule has 2 amide bonds. The largest absolute Gasteiger partial charge is 0.326 e. The molecule has 2 rings (SSSR count). The first-order chi connectivity index (χ1) is 12.1. The summed E-state index contributed by atoms with van der Waals surface area (Å²) in [7, 11) is 0. The Morgan fingerprint density at radius 3 is 2.69 bits per heavy atom. The number of hydrogen-bond donors (Lipinski definition) is 2. The lowest BCUT2D eigenvalue weighted by Gasteiger charge is -2.16. The lowest BCUT2D eigenvalue weighted by atomic mass is 9.91. The number of anilines is 1. The van der Waals surface area contributed by atoms with Gasteiger partial charge in [-0.15, -0.1) is 5.10 Å². The first-order valence-corrected chi connectivity index (χ1v) is 9.48. The van der Waals surface area contributed by atoms with Crippen LogP contribution in [-0.2, 0) is 9.59 Å². The second-order valence-corrected chi connectivity index (χ2v) is 8.75. The summed E-state index contributed by atoms with van der Waals surface area (Å²) in [6.45, 7) is 9.89. The van der Waals surface area contributed by atoms with Crippen LogP contribution in [-0.4, -0.2) is 27.9 Å². The normalized spacial score (nSPS) is 19.6. The lowest BCUT2D eigenvalue weighted by molar-refractivity contribution is -0.122. The molecular weight excluding hydrogens is 372 g/mol. The second-order valence-electron chi connectivity index (χ2n) is 7.15. The zero-order valence-corrected chi connectivity index (χ0v) is 17.1. The van der Waals surface area contributed by atoms with E-state index in [1.807, 2.05) is 40.7 Å². The number of rotatable bonds is 4. The number of nitrogens with one attached hydrogen (secondary N) is 2. The molecule has 0 aliphatic carbocycles. The van der Waals surface area contributed by atoms with Crippen LogP contribution in [0.4, 0.5) is 5.69 Å². The maximum atomic E-state index is 12.2. The third-order valence-corrected chi connectivity index (χ3v) is 5.46. The van der Waals surface area contributed by atoms with E-state index in [2.05, 4.69) is 20.8 Å². The Labute approximate surface area is 162 Å². The van der Waals surface area contributed by atoms with Crippen LogP contribution in [0.15, 0.2) is 28.4 Å². The monoisotopic (exact) mass is 394 g/mol. The van der Waals surface area contributed by atoms with Gasteiger partial charge in [-0.3, -0.25) is 9.59 Å². The maximum absolute atomic E-state index is 12.2. The van der Waals surface area contributed by atoms with Crippen molar-refractivity contribution < 1.29 is 9.59 Å². The van der Waals surface area contributed by atoms with Crippen molar-refractivity contribution in [2.45, 2.75) is 46.3 Å². The van der Waals surface area contributed by atoms with Crippen molar-refractivity contribution >= 4 is 51.7 Å². The van der Waals surface area contributed by atoms with Gasteiger partial charge in [0.25, 0.3) is 0 Å². The van der Waals surface area contributed by atoms with Crippen LogP contribution in [0.1, 0.15) is 39.7 Å². The fourth-order valence-corrected chi connectivity index (χ4v) is 3.01. The van der Waals surface area contributed by atoms with Gasteiger partial charge in [-0.05, 0) is 31.5 Å². The molecule has 0 bridgehead atoms. The molecule has 1 aromatic rings. The van der Waals surface area contributed by atoms with Gasteiger partial charge in [0, 0.05) is 28.3 Å². The van der Waals surface area contributed by atoms with Gasteiger partial charge >= 0.3 is 0 Å². The molecule has 0 radical (unpaired) electrons. The van der Waals surface area contributed by atoms with Crippen molar-refractivity contribution in [2.24, 2.45) is 15.6 Å². The summed E-state index contributed by atoms with van der Waals surface area (Å²) >= 11 is 7.27. The molecule has 1 aliphatic rings. The standard InChI is InChI=1S/C18H23ClN4O2S/c1-10-6-7-12(8-13(10)19)20-15(24)9-14-16(25)21-17(26-14)23-22-11(2)18(3,4)5/h6-8,14H,9H2,1-5H3,(H,20,24)(H,21,23,25)/b22-11-/t14-/m0/s1. The average Bonchev–Trinajstić information content (AvgIpc) is 2.87. The van der Waals surface area contributed by atoms with Crippen molar-refractivity contribution in [1.82, 2.24) is 5.32 Å². The quantitative estimate of drug-likeness (QED) is 0.598. The van der Waals surface area contributed by atoms with Crippen LogP contribution < -0.4 is 10.6 Å². The van der Waals surface area contributed by atoms with Gasteiger partial charge in [-0.1, -0.05) is 50.2 Å². The molecule has 0 spiro atoms. The van der Waals surface area contributed by atoms with Crippen molar-refractivity contribution in [3.63, 3.8) is 0 Å². The summed E-state index contributed by atoms with van der Waals surface area (Å²) < 4.78 is 0. The second kappa shape index (κ2) is 8.22. The van der Waals surface area contributed by atoms with Crippen molar-refractivity contribution in [2.75, 3.05) is 5.32 Å². The lowest BCUT2D eigenvalue weighted by Crippen LogP contribution is -2.28. The summed E-state index contributed by atoms with van der Waals surface area (Å²) in [6, 6.07) is 5.29. The van der Waals surface area contributed by atoms with Gasteiger partial charge in [0.15, 0.2) is 5.17 Å². The Hall–Kier alpha value is -1.86. The molecule has 1 fully saturated rings. The SMILES string of the molecule is C/C(=N/N=C1\NC(=O)[C@H](CC(=O)Nc2ccc(C)c(Cl)c2)S1)C(C)(C)C. The zero-order valence-electron chi connectivity index (χ0n) is 15.5.